The predicted octanol–water partition coefficient (Wildman–Crippen LogP) is 2.47. The average molecular weight is 253 g/mol. The van der Waals surface area contributed by atoms with Crippen LogP contribution in [0.2, 0.25) is 0 Å². The quantitative estimate of drug-likeness (QED) is 0.715. The number of nitrogens with one attached hydrogen (secondary N) is 1. The second kappa shape index (κ2) is 5.72. The Labute approximate surface area is 108 Å². The first-order valence-electron chi connectivity index (χ1n) is 7.14. The zero-order chi connectivity index (χ0) is 13.0. The van der Waals surface area contributed by atoms with Gasteiger partial charge in [0.2, 0.25) is 5.91 Å². The lowest BCUT2D eigenvalue weighted by atomic mass is 9.86. The molecule has 0 aromatic heterocycles. The van der Waals surface area contributed by atoms with E-state index in [1.54, 1.807) is 0 Å². The van der Waals surface area contributed by atoms with E-state index in [4.69, 9.17) is 5.11 Å². The minimum Gasteiger partial charge on any atom is -0.481 e. The third-order valence-corrected chi connectivity index (χ3v) is 4.42. The van der Waals surface area contributed by atoms with Crippen LogP contribution in [0.3, 0.4) is 0 Å². The summed E-state index contributed by atoms with van der Waals surface area (Å²) in [5.41, 5.74) is 0.439. The van der Waals surface area contributed by atoms with Gasteiger partial charge in [0.05, 0.1) is 0 Å². The van der Waals surface area contributed by atoms with E-state index in [1.165, 1.54) is 32.1 Å². The number of carbonyl (C=O) groups excluding carboxylic acids is 1. The van der Waals surface area contributed by atoms with Crippen molar-refractivity contribution in [2.75, 3.05) is 0 Å². The van der Waals surface area contributed by atoms with Crippen molar-refractivity contribution in [3.63, 3.8) is 0 Å². The van der Waals surface area contributed by atoms with Crippen LogP contribution in [0, 0.1) is 5.41 Å². The Hall–Kier alpha value is -1.06. The average Bonchev–Trinajstić information content (AvgIpc) is 2.97. The van der Waals surface area contributed by atoms with Crippen LogP contribution in [-0.4, -0.2) is 23.0 Å². The van der Waals surface area contributed by atoms with E-state index in [0.29, 0.717) is 30.7 Å². The molecule has 2 rings (SSSR count). The Bertz CT molecular complexity index is 321. The summed E-state index contributed by atoms with van der Waals surface area (Å²) in [6.45, 7) is 0. The lowest BCUT2D eigenvalue weighted by Gasteiger charge is -2.22. The monoisotopic (exact) mass is 253 g/mol. The second-order valence-electron chi connectivity index (χ2n) is 5.85. The van der Waals surface area contributed by atoms with E-state index >= 15 is 0 Å². The summed E-state index contributed by atoms with van der Waals surface area (Å²) in [4.78, 5) is 22.0. The highest BCUT2D eigenvalue weighted by atomic mass is 16.4. The van der Waals surface area contributed by atoms with Gasteiger partial charge in [-0.3, -0.25) is 9.59 Å². The third-order valence-electron chi connectivity index (χ3n) is 4.42. The minimum atomic E-state index is -0.779. The number of rotatable bonds is 6. The van der Waals surface area contributed by atoms with Gasteiger partial charge in [-0.2, -0.15) is 0 Å². The number of amides is 1. The fraction of sp³-hybridized carbons (Fsp3) is 0.857. The number of hydrogen-bond donors (Lipinski definition) is 2. The van der Waals surface area contributed by atoms with E-state index in [-0.39, 0.29) is 12.3 Å². The molecule has 4 nitrogen and oxygen atoms in total. The first kappa shape index (κ1) is 13.4. The molecule has 2 aliphatic carbocycles. The summed E-state index contributed by atoms with van der Waals surface area (Å²) < 4.78 is 0. The fourth-order valence-corrected chi connectivity index (χ4v) is 3.19. The number of aliphatic carboxylic acids is 1. The van der Waals surface area contributed by atoms with E-state index in [0.717, 1.165) is 6.42 Å². The van der Waals surface area contributed by atoms with Gasteiger partial charge in [0.1, 0.15) is 0 Å². The van der Waals surface area contributed by atoms with Gasteiger partial charge in [0.25, 0.3) is 0 Å². The maximum Gasteiger partial charge on any atom is 0.303 e. The van der Waals surface area contributed by atoms with Crippen molar-refractivity contribution in [1.29, 1.82) is 0 Å². The molecule has 1 amide bonds. The van der Waals surface area contributed by atoms with Crippen LogP contribution in [-0.2, 0) is 9.59 Å². The third kappa shape index (κ3) is 3.47. The second-order valence-corrected chi connectivity index (χ2v) is 5.85. The molecule has 2 saturated carbocycles. The van der Waals surface area contributed by atoms with Crippen LogP contribution >= 0.6 is 0 Å². The maximum absolute atomic E-state index is 11.7. The first-order valence-corrected chi connectivity index (χ1v) is 7.14. The van der Waals surface area contributed by atoms with Gasteiger partial charge in [-0.05, 0) is 37.5 Å². The summed E-state index contributed by atoms with van der Waals surface area (Å²) in [5, 5.41) is 11.6. The zero-order valence-electron chi connectivity index (χ0n) is 10.9. The highest BCUT2D eigenvalue weighted by molar-refractivity contribution is 5.76. The smallest absolute Gasteiger partial charge is 0.303 e. The first-order chi connectivity index (χ1) is 8.62. The molecule has 0 saturated heterocycles. The van der Waals surface area contributed by atoms with Crippen molar-refractivity contribution in [1.82, 2.24) is 5.32 Å². The zero-order valence-corrected chi connectivity index (χ0v) is 10.9. The van der Waals surface area contributed by atoms with Gasteiger partial charge in [-0.1, -0.05) is 19.3 Å². The molecule has 2 N–H and O–H groups in total. The van der Waals surface area contributed by atoms with E-state index in [9.17, 15) is 9.59 Å². The van der Waals surface area contributed by atoms with Crippen molar-refractivity contribution in [3.8, 4) is 0 Å². The predicted molar refractivity (Wildman–Crippen MR) is 68.2 cm³/mol. The molecule has 0 heterocycles. The van der Waals surface area contributed by atoms with Gasteiger partial charge in [-0.15, -0.1) is 0 Å². The van der Waals surface area contributed by atoms with Gasteiger partial charge in [0.15, 0.2) is 0 Å². The van der Waals surface area contributed by atoms with Gasteiger partial charge in [0, 0.05) is 18.9 Å². The van der Waals surface area contributed by atoms with Gasteiger partial charge >= 0.3 is 5.97 Å². The molecule has 4 heteroatoms. The molecule has 0 aliphatic heterocycles. The number of hydrogen-bond acceptors (Lipinski definition) is 2. The Kier molecular flexibility index (Phi) is 4.25. The Morgan fingerprint density at radius 2 is 1.78 bits per heavy atom. The molecular weight excluding hydrogens is 230 g/mol. The van der Waals surface area contributed by atoms with Crippen molar-refractivity contribution in [3.05, 3.63) is 0 Å². The fourth-order valence-electron chi connectivity index (χ4n) is 3.19. The van der Waals surface area contributed by atoms with Crippen molar-refractivity contribution < 1.29 is 14.7 Å². The van der Waals surface area contributed by atoms with Crippen LogP contribution in [0.15, 0.2) is 0 Å². The van der Waals surface area contributed by atoms with Crippen LogP contribution in [0.4, 0.5) is 0 Å². The molecule has 1 unspecified atom stereocenters. The van der Waals surface area contributed by atoms with Crippen molar-refractivity contribution in [2.45, 2.75) is 70.3 Å². The van der Waals surface area contributed by atoms with Crippen molar-refractivity contribution >= 4 is 11.9 Å². The topological polar surface area (TPSA) is 66.4 Å². The Balaban J connectivity index is 1.59. The summed E-state index contributed by atoms with van der Waals surface area (Å²) >= 11 is 0. The summed E-state index contributed by atoms with van der Waals surface area (Å²) in [7, 11) is 0. The van der Waals surface area contributed by atoms with E-state index < -0.39 is 5.97 Å². The molecule has 1 spiro atoms. The van der Waals surface area contributed by atoms with Crippen LogP contribution < -0.4 is 5.32 Å². The standard InChI is InChI=1S/C14H23NO3/c16-12(6-2-3-7-13(17)18)15-11-10-14(11)8-4-1-5-9-14/h11H,1-10H2,(H,15,16)(H,17,18). The highest BCUT2D eigenvalue weighted by Crippen LogP contribution is 2.56. The molecule has 2 aliphatic rings. The molecule has 102 valence electrons. The Morgan fingerprint density at radius 3 is 2.44 bits per heavy atom. The molecule has 1 atom stereocenters. The van der Waals surface area contributed by atoms with Crippen LogP contribution in [0.25, 0.3) is 0 Å². The molecule has 0 aromatic carbocycles. The van der Waals surface area contributed by atoms with Gasteiger partial charge in [-0.25, -0.2) is 0 Å². The lowest BCUT2D eigenvalue weighted by molar-refractivity contribution is -0.137. The molecule has 0 bridgehead atoms. The molecule has 2 fully saturated rings. The highest BCUT2D eigenvalue weighted by Gasteiger charge is 2.54. The number of carbonyl (C=O) groups is 2. The number of unbranched alkanes of at least 4 members (excludes halogenated alkanes) is 1. The minimum absolute atomic E-state index is 0.104. The normalized spacial score (nSPS) is 24.8. The van der Waals surface area contributed by atoms with E-state index in [1.807, 2.05) is 0 Å². The Morgan fingerprint density at radius 1 is 1.11 bits per heavy atom. The molecular formula is C14H23NO3. The number of carboxylic acid groups (broad SMARTS) is 1. The van der Waals surface area contributed by atoms with E-state index in [2.05, 4.69) is 5.32 Å². The molecule has 0 aromatic rings. The maximum atomic E-state index is 11.7. The SMILES string of the molecule is O=C(O)CCCCC(=O)NC1CC12CCCCC2. The van der Waals surface area contributed by atoms with Crippen molar-refractivity contribution in [2.24, 2.45) is 5.41 Å². The van der Waals surface area contributed by atoms with Crippen LogP contribution in [0.5, 0.6) is 0 Å². The van der Waals surface area contributed by atoms with Gasteiger partial charge < -0.3 is 10.4 Å². The summed E-state index contributed by atoms with van der Waals surface area (Å²) in [6, 6.07) is 0.407. The molecule has 0 radical (unpaired) electrons. The summed E-state index contributed by atoms with van der Waals surface area (Å²) in [6.07, 6.45) is 9.59. The number of carboxylic acids is 1. The largest absolute Gasteiger partial charge is 0.481 e. The lowest BCUT2D eigenvalue weighted by Crippen LogP contribution is -2.30. The molecule has 18 heavy (non-hydrogen) atoms. The summed E-state index contributed by atoms with van der Waals surface area (Å²) in [5.74, 6) is -0.674. The van der Waals surface area contributed by atoms with Crippen LogP contribution in [0.1, 0.15) is 64.2 Å².